The van der Waals surface area contributed by atoms with Crippen LogP contribution in [0, 0.1) is 6.92 Å². The molecule has 0 saturated carbocycles. The minimum Gasteiger partial charge on any atom is -0.494 e. The third-order valence-electron chi connectivity index (χ3n) is 6.09. The molecule has 0 aliphatic heterocycles. The first kappa shape index (κ1) is 33.9. The number of ether oxygens (including phenoxy) is 5. The standard InChI is InChI=1S/C34H42O8/c1-4-32(35)40-24-12-8-6-10-22-38-29-17-14-28(15-18-29)16-21-34(37)42-31-20-19-30(26-27(31)3)39-23-11-7-9-13-25-41-33(36)5-2/h4-5,14-21,26H,1-2,6-13,22-25H2,3H3. The summed E-state index contributed by atoms with van der Waals surface area (Å²) in [5.41, 5.74) is 1.66. The Labute approximate surface area is 249 Å². The molecule has 2 aromatic carbocycles. The summed E-state index contributed by atoms with van der Waals surface area (Å²) in [6.45, 7) is 10.6. The summed E-state index contributed by atoms with van der Waals surface area (Å²) >= 11 is 0. The van der Waals surface area contributed by atoms with Crippen molar-refractivity contribution < 1.29 is 38.1 Å². The summed E-state index contributed by atoms with van der Waals surface area (Å²) in [4.78, 5) is 34.3. The highest BCUT2D eigenvalue weighted by atomic mass is 16.5. The molecule has 42 heavy (non-hydrogen) atoms. The summed E-state index contributed by atoms with van der Waals surface area (Å²) in [6, 6.07) is 12.8. The predicted octanol–water partition coefficient (Wildman–Crippen LogP) is 6.95. The Morgan fingerprint density at radius 1 is 0.643 bits per heavy atom. The van der Waals surface area contributed by atoms with E-state index in [4.69, 9.17) is 23.7 Å². The Morgan fingerprint density at radius 2 is 1.14 bits per heavy atom. The Bertz CT molecular complexity index is 1170. The van der Waals surface area contributed by atoms with Gasteiger partial charge in [0, 0.05) is 18.2 Å². The summed E-state index contributed by atoms with van der Waals surface area (Å²) in [6.07, 6.45) is 12.7. The quantitative estimate of drug-likeness (QED) is 0.0679. The van der Waals surface area contributed by atoms with Crippen molar-refractivity contribution in [1.82, 2.24) is 0 Å². The average molecular weight is 579 g/mol. The van der Waals surface area contributed by atoms with Crippen LogP contribution in [0.4, 0.5) is 0 Å². The van der Waals surface area contributed by atoms with Gasteiger partial charge in [-0.1, -0.05) is 25.3 Å². The fourth-order valence-electron chi connectivity index (χ4n) is 3.77. The number of carbonyl (C=O) groups excluding carboxylic acids is 3. The first-order valence-corrected chi connectivity index (χ1v) is 14.4. The van der Waals surface area contributed by atoms with Crippen molar-refractivity contribution in [3.63, 3.8) is 0 Å². The van der Waals surface area contributed by atoms with E-state index < -0.39 is 11.9 Å². The maximum atomic E-state index is 12.4. The molecule has 0 bridgehead atoms. The monoisotopic (exact) mass is 578 g/mol. The van der Waals surface area contributed by atoms with Crippen LogP contribution in [-0.4, -0.2) is 44.3 Å². The Balaban J connectivity index is 1.62. The van der Waals surface area contributed by atoms with Crippen molar-refractivity contribution in [2.45, 2.75) is 58.3 Å². The van der Waals surface area contributed by atoms with Gasteiger partial charge in [-0.15, -0.1) is 0 Å². The maximum absolute atomic E-state index is 12.4. The topological polar surface area (TPSA) is 97.4 Å². The summed E-state index contributed by atoms with van der Waals surface area (Å²) in [5, 5.41) is 0. The smallest absolute Gasteiger partial charge is 0.336 e. The van der Waals surface area contributed by atoms with Gasteiger partial charge in [-0.3, -0.25) is 0 Å². The van der Waals surface area contributed by atoms with Crippen LogP contribution in [0.15, 0.2) is 73.9 Å². The zero-order valence-electron chi connectivity index (χ0n) is 24.5. The molecule has 0 saturated heterocycles. The van der Waals surface area contributed by atoms with Crippen LogP contribution in [0.25, 0.3) is 6.08 Å². The number of unbranched alkanes of at least 4 members (excludes halogenated alkanes) is 6. The summed E-state index contributed by atoms with van der Waals surface area (Å²) in [7, 11) is 0. The number of benzene rings is 2. The van der Waals surface area contributed by atoms with E-state index in [1.807, 2.05) is 37.3 Å². The highest BCUT2D eigenvalue weighted by Gasteiger charge is 2.07. The van der Waals surface area contributed by atoms with Gasteiger partial charge < -0.3 is 23.7 Å². The third-order valence-corrected chi connectivity index (χ3v) is 6.09. The molecule has 0 fully saturated rings. The molecule has 0 radical (unpaired) electrons. The van der Waals surface area contributed by atoms with E-state index in [9.17, 15) is 14.4 Å². The predicted molar refractivity (Wildman–Crippen MR) is 163 cm³/mol. The molecule has 0 heterocycles. The lowest BCUT2D eigenvalue weighted by Gasteiger charge is -2.10. The maximum Gasteiger partial charge on any atom is 0.336 e. The van der Waals surface area contributed by atoms with E-state index >= 15 is 0 Å². The van der Waals surface area contributed by atoms with E-state index in [1.54, 1.807) is 18.2 Å². The number of hydrogen-bond donors (Lipinski definition) is 0. The van der Waals surface area contributed by atoms with Crippen LogP contribution in [0.1, 0.15) is 62.5 Å². The SMILES string of the molecule is C=CC(=O)OCCCCCCOc1ccc(C=CC(=O)Oc2ccc(OCCCCCCOC(=O)C=C)cc2C)cc1. The van der Waals surface area contributed by atoms with Crippen molar-refractivity contribution in [2.24, 2.45) is 0 Å². The lowest BCUT2D eigenvalue weighted by Crippen LogP contribution is -2.05. The molecule has 8 nitrogen and oxygen atoms in total. The first-order chi connectivity index (χ1) is 20.4. The summed E-state index contributed by atoms with van der Waals surface area (Å²) in [5.74, 6) is 0.717. The van der Waals surface area contributed by atoms with Crippen molar-refractivity contribution in [2.75, 3.05) is 26.4 Å². The van der Waals surface area contributed by atoms with Crippen LogP contribution < -0.4 is 14.2 Å². The van der Waals surface area contributed by atoms with Crippen molar-refractivity contribution >= 4 is 24.0 Å². The molecule has 0 aliphatic rings. The molecular formula is C34H42O8. The van der Waals surface area contributed by atoms with Gasteiger partial charge in [-0.2, -0.15) is 0 Å². The molecule has 0 aliphatic carbocycles. The zero-order valence-corrected chi connectivity index (χ0v) is 24.5. The molecule has 0 amide bonds. The molecule has 0 unspecified atom stereocenters. The Kier molecular flexibility index (Phi) is 16.6. The first-order valence-electron chi connectivity index (χ1n) is 14.4. The third kappa shape index (κ3) is 14.9. The summed E-state index contributed by atoms with van der Waals surface area (Å²) < 4.78 is 27.0. The number of carbonyl (C=O) groups is 3. The second kappa shape index (κ2) is 20.5. The fraction of sp³-hybridized carbons (Fsp3) is 0.382. The van der Waals surface area contributed by atoms with E-state index in [0.29, 0.717) is 32.2 Å². The van der Waals surface area contributed by atoms with E-state index in [1.165, 1.54) is 18.2 Å². The molecule has 2 rings (SSSR count). The second-order valence-electron chi connectivity index (χ2n) is 9.52. The minimum atomic E-state index is -0.467. The molecule has 0 spiro atoms. The van der Waals surface area contributed by atoms with E-state index in [-0.39, 0.29) is 5.97 Å². The van der Waals surface area contributed by atoms with Gasteiger partial charge in [0.2, 0.25) is 0 Å². The van der Waals surface area contributed by atoms with Gasteiger partial charge in [0.25, 0.3) is 0 Å². The van der Waals surface area contributed by atoms with Crippen molar-refractivity contribution in [3.05, 3.63) is 85.0 Å². The van der Waals surface area contributed by atoms with Gasteiger partial charge in [0.05, 0.1) is 26.4 Å². The lowest BCUT2D eigenvalue weighted by molar-refractivity contribution is -0.138. The number of esters is 3. The van der Waals surface area contributed by atoms with Gasteiger partial charge in [0.1, 0.15) is 17.2 Å². The number of rotatable bonds is 21. The molecule has 8 heteroatoms. The minimum absolute atomic E-state index is 0.386. The van der Waals surface area contributed by atoms with Gasteiger partial charge >= 0.3 is 17.9 Å². The highest BCUT2D eigenvalue weighted by molar-refractivity contribution is 5.89. The average Bonchev–Trinajstić information content (AvgIpc) is 3.00. The van der Waals surface area contributed by atoms with E-state index in [2.05, 4.69) is 13.2 Å². The van der Waals surface area contributed by atoms with Crippen LogP contribution in [0.2, 0.25) is 0 Å². The largest absolute Gasteiger partial charge is 0.494 e. The molecule has 0 aromatic heterocycles. The Hall–Kier alpha value is -4.33. The molecule has 0 N–H and O–H groups in total. The van der Waals surface area contributed by atoms with Gasteiger partial charge in [0.15, 0.2) is 0 Å². The second-order valence-corrected chi connectivity index (χ2v) is 9.52. The number of aryl methyl sites for hydroxylation is 1. The van der Waals surface area contributed by atoms with Crippen LogP contribution in [0.5, 0.6) is 17.2 Å². The van der Waals surface area contributed by atoms with Crippen LogP contribution in [-0.2, 0) is 23.9 Å². The molecule has 0 atom stereocenters. The van der Waals surface area contributed by atoms with Crippen LogP contribution >= 0.6 is 0 Å². The molecule has 226 valence electrons. The van der Waals surface area contributed by atoms with E-state index in [0.717, 1.165) is 74.0 Å². The van der Waals surface area contributed by atoms with Crippen molar-refractivity contribution in [1.29, 1.82) is 0 Å². The molecular weight excluding hydrogens is 536 g/mol. The normalized spacial score (nSPS) is 10.6. The van der Waals surface area contributed by atoms with Crippen molar-refractivity contribution in [3.8, 4) is 17.2 Å². The molecule has 2 aromatic rings. The zero-order chi connectivity index (χ0) is 30.4. The lowest BCUT2D eigenvalue weighted by atomic mass is 10.2. The van der Waals surface area contributed by atoms with Gasteiger partial charge in [-0.25, -0.2) is 14.4 Å². The Morgan fingerprint density at radius 3 is 1.67 bits per heavy atom. The number of hydrogen-bond acceptors (Lipinski definition) is 8. The fourth-order valence-corrected chi connectivity index (χ4v) is 3.77. The van der Waals surface area contributed by atoms with Crippen LogP contribution in [0.3, 0.4) is 0 Å². The highest BCUT2D eigenvalue weighted by Crippen LogP contribution is 2.24. The van der Waals surface area contributed by atoms with Gasteiger partial charge in [-0.05, 0) is 106 Å².